The van der Waals surface area contributed by atoms with Crippen molar-refractivity contribution >= 4 is 17.7 Å². The second-order valence-corrected chi connectivity index (χ2v) is 10.0. The minimum Gasteiger partial charge on any atom is -0.507 e. The molecule has 1 fully saturated rings. The number of benzene rings is 2. The maximum atomic E-state index is 13.4. The summed E-state index contributed by atoms with van der Waals surface area (Å²) in [6.07, 6.45) is 2.71. The molecule has 0 aliphatic carbocycles. The van der Waals surface area contributed by atoms with Gasteiger partial charge in [-0.1, -0.05) is 18.2 Å². The molecule has 1 saturated heterocycles. The van der Waals surface area contributed by atoms with Gasteiger partial charge in [0.1, 0.15) is 5.75 Å². The zero-order valence-electron chi connectivity index (χ0n) is 22.1. The minimum absolute atomic E-state index is 0.0125. The fourth-order valence-electron chi connectivity index (χ4n) is 5.09. The predicted octanol–water partition coefficient (Wildman–Crippen LogP) is 2.04. The lowest BCUT2D eigenvalue weighted by atomic mass is 9.98. The van der Waals surface area contributed by atoms with Crippen LogP contribution in [0.4, 0.5) is 0 Å². The Bertz CT molecular complexity index is 1140. The Morgan fingerprint density at radius 1 is 1.05 bits per heavy atom. The molecule has 1 atom stereocenters. The van der Waals surface area contributed by atoms with Crippen LogP contribution in [0.25, 0.3) is 11.1 Å². The van der Waals surface area contributed by atoms with Crippen molar-refractivity contribution in [2.75, 3.05) is 59.5 Å². The summed E-state index contributed by atoms with van der Waals surface area (Å²) in [7, 11) is 1.67. The van der Waals surface area contributed by atoms with Crippen molar-refractivity contribution in [2.45, 2.75) is 25.7 Å². The Morgan fingerprint density at radius 3 is 2.74 bits per heavy atom. The molecule has 204 valence electrons. The Hall–Kier alpha value is -3.43. The molecule has 2 aliphatic rings. The van der Waals surface area contributed by atoms with Crippen molar-refractivity contribution in [3.63, 3.8) is 0 Å². The number of rotatable bonds is 4. The zero-order valence-corrected chi connectivity index (χ0v) is 22.1. The Morgan fingerprint density at radius 2 is 1.89 bits per heavy atom. The molecule has 0 radical (unpaired) electrons. The highest BCUT2D eigenvalue weighted by Crippen LogP contribution is 2.31. The van der Waals surface area contributed by atoms with Gasteiger partial charge in [-0.3, -0.25) is 14.4 Å². The maximum absolute atomic E-state index is 13.4. The van der Waals surface area contributed by atoms with E-state index in [0.717, 1.165) is 30.6 Å². The summed E-state index contributed by atoms with van der Waals surface area (Å²) < 4.78 is 5.17. The number of methoxy groups -OCH3 is 1. The van der Waals surface area contributed by atoms with Crippen molar-refractivity contribution in [2.24, 2.45) is 5.92 Å². The van der Waals surface area contributed by atoms with E-state index < -0.39 is 0 Å². The van der Waals surface area contributed by atoms with E-state index in [1.165, 1.54) is 0 Å². The van der Waals surface area contributed by atoms with E-state index in [9.17, 15) is 19.5 Å². The number of likely N-dealkylation sites (tertiary alicyclic amines) is 1. The van der Waals surface area contributed by atoms with Gasteiger partial charge in [-0.05, 0) is 67.6 Å². The molecule has 4 rings (SSSR count). The average Bonchev–Trinajstić information content (AvgIpc) is 3.40. The lowest BCUT2D eigenvalue weighted by molar-refractivity contribution is -0.139. The minimum atomic E-state index is -0.186. The number of phenolic OH excluding ortho intramolecular Hbond substituents is 1. The van der Waals surface area contributed by atoms with Gasteiger partial charge in [-0.15, -0.1) is 0 Å². The topological polar surface area (TPSA) is 111 Å². The highest BCUT2D eigenvalue weighted by Gasteiger charge is 2.31. The molecule has 2 heterocycles. The van der Waals surface area contributed by atoms with Gasteiger partial charge < -0.3 is 30.3 Å². The number of ether oxygens (including phenoxy) is 1. The number of carbonyl (C=O) groups excluding carboxylic acids is 3. The Balaban J connectivity index is 1.47. The summed E-state index contributed by atoms with van der Waals surface area (Å²) in [5.41, 5.74) is 2.86. The van der Waals surface area contributed by atoms with Crippen LogP contribution in [0.5, 0.6) is 5.75 Å². The van der Waals surface area contributed by atoms with Crippen LogP contribution in [0.15, 0.2) is 42.5 Å². The standard InChI is InChI=1S/C29H38N4O5/c1-38-16-15-32-14-10-24(19-32)29(37)33-13-3-2-11-31-28(36)23-6-4-5-22(18-23)25-17-21(7-8-26(25)34)9-12-30-27(35)20-33/h4-8,17-18,24,34H,2-3,9-16,19-20H2,1H3,(H,30,35)(H,31,36). The third-order valence-corrected chi connectivity index (χ3v) is 7.25. The molecule has 2 aliphatic heterocycles. The molecular weight excluding hydrogens is 484 g/mol. The quantitative estimate of drug-likeness (QED) is 0.567. The first kappa shape index (κ1) is 27.6. The van der Waals surface area contributed by atoms with Gasteiger partial charge >= 0.3 is 0 Å². The maximum Gasteiger partial charge on any atom is 0.251 e. The second-order valence-electron chi connectivity index (χ2n) is 10.0. The third kappa shape index (κ3) is 7.33. The summed E-state index contributed by atoms with van der Waals surface area (Å²) in [4.78, 5) is 42.9. The fraction of sp³-hybridized carbons (Fsp3) is 0.483. The lowest BCUT2D eigenvalue weighted by Gasteiger charge is -2.25. The number of hydrogen-bond acceptors (Lipinski definition) is 6. The van der Waals surface area contributed by atoms with Crippen LogP contribution in [0.2, 0.25) is 0 Å². The van der Waals surface area contributed by atoms with Crippen molar-refractivity contribution < 1.29 is 24.2 Å². The Labute approximate surface area is 224 Å². The van der Waals surface area contributed by atoms with Crippen molar-refractivity contribution in [1.29, 1.82) is 0 Å². The average molecular weight is 523 g/mol. The van der Waals surface area contributed by atoms with E-state index in [1.54, 1.807) is 36.3 Å². The number of nitrogens with one attached hydrogen (secondary N) is 2. The molecule has 0 spiro atoms. The molecule has 3 amide bonds. The van der Waals surface area contributed by atoms with Gasteiger partial charge in [-0.25, -0.2) is 0 Å². The summed E-state index contributed by atoms with van der Waals surface area (Å²) in [6.45, 7) is 4.32. The van der Waals surface area contributed by atoms with E-state index in [1.807, 2.05) is 18.2 Å². The second kappa shape index (κ2) is 13.4. The normalized spacial score (nSPS) is 19.8. The van der Waals surface area contributed by atoms with E-state index in [-0.39, 0.29) is 35.9 Å². The molecular formula is C29H38N4O5. The van der Waals surface area contributed by atoms with E-state index in [4.69, 9.17) is 4.74 Å². The van der Waals surface area contributed by atoms with Crippen LogP contribution >= 0.6 is 0 Å². The smallest absolute Gasteiger partial charge is 0.251 e. The zero-order chi connectivity index (χ0) is 26.9. The molecule has 38 heavy (non-hydrogen) atoms. The van der Waals surface area contributed by atoms with Crippen LogP contribution in [0.3, 0.4) is 0 Å². The van der Waals surface area contributed by atoms with Gasteiger partial charge in [0.05, 0.1) is 19.1 Å². The molecule has 2 aromatic carbocycles. The lowest BCUT2D eigenvalue weighted by Crippen LogP contribution is -2.45. The van der Waals surface area contributed by atoms with Crippen molar-refractivity contribution in [3.05, 3.63) is 53.6 Å². The Kier molecular flexibility index (Phi) is 9.73. The fourth-order valence-corrected chi connectivity index (χ4v) is 5.09. The number of fused-ring (bicyclic) bond motifs is 5. The molecule has 0 saturated carbocycles. The summed E-state index contributed by atoms with van der Waals surface area (Å²) in [5, 5.41) is 16.4. The molecule has 1 unspecified atom stereocenters. The predicted molar refractivity (Wildman–Crippen MR) is 145 cm³/mol. The number of aromatic hydroxyl groups is 1. The number of carbonyl (C=O) groups is 3. The van der Waals surface area contributed by atoms with Crippen LogP contribution in [-0.2, 0) is 20.7 Å². The van der Waals surface area contributed by atoms with Gasteiger partial charge in [0, 0.05) is 51.0 Å². The van der Waals surface area contributed by atoms with E-state index in [2.05, 4.69) is 15.5 Å². The van der Waals surface area contributed by atoms with Crippen molar-refractivity contribution in [3.8, 4) is 16.9 Å². The number of hydrogen-bond donors (Lipinski definition) is 3. The molecule has 3 N–H and O–H groups in total. The molecule has 9 heteroatoms. The third-order valence-electron chi connectivity index (χ3n) is 7.25. The van der Waals surface area contributed by atoms with Gasteiger partial charge in [0.15, 0.2) is 0 Å². The van der Waals surface area contributed by atoms with Gasteiger partial charge in [0.2, 0.25) is 11.8 Å². The van der Waals surface area contributed by atoms with Crippen LogP contribution in [0, 0.1) is 5.92 Å². The van der Waals surface area contributed by atoms with Gasteiger partial charge in [0.25, 0.3) is 5.91 Å². The molecule has 2 aromatic rings. The van der Waals surface area contributed by atoms with E-state index >= 15 is 0 Å². The first-order valence-electron chi connectivity index (χ1n) is 13.4. The van der Waals surface area contributed by atoms with Gasteiger partial charge in [-0.2, -0.15) is 0 Å². The number of nitrogens with zero attached hydrogens (tertiary/aromatic N) is 2. The highest BCUT2D eigenvalue weighted by molar-refractivity contribution is 5.95. The monoisotopic (exact) mass is 522 g/mol. The van der Waals surface area contributed by atoms with Crippen molar-refractivity contribution in [1.82, 2.24) is 20.4 Å². The summed E-state index contributed by atoms with van der Waals surface area (Å²) in [6, 6.07) is 12.5. The number of amides is 3. The summed E-state index contributed by atoms with van der Waals surface area (Å²) in [5.74, 6) is -0.350. The first-order valence-corrected chi connectivity index (χ1v) is 13.4. The van der Waals surface area contributed by atoms with Crippen LogP contribution in [0.1, 0.15) is 35.2 Å². The largest absolute Gasteiger partial charge is 0.507 e. The SMILES string of the molecule is COCCN1CCC(C(=O)N2CCCCNC(=O)c3cccc(c3)-c3cc(ccc3O)CCNC(=O)C2)C1. The van der Waals surface area contributed by atoms with Crippen LogP contribution < -0.4 is 10.6 Å². The highest BCUT2D eigenvalue weighted by atomic mass is 16.5. The van der Waals surface area contributed by atoms with E-state index in [0.29, 0.717) is 63.2 Å². The van der Waals surface area contributed by atoms with Crippen LogP contribution in [-0.4, -0.2) is 92.2 Å². The molecule has 9 nitrogen and oxygen atoms in total. The summed E-state index contributed by atoms with van der Waals surface area (Å²) >= 11 is 0. The number of phenols is 1. The molecule has 0 aromatic heterocycles. The first-order chi connectivity index (χ1) is 18.4. The molecule has 4 bridgehead atoms.